The Bertz CT molecular complexity index is 637. The van der Waals surface area contributed by atoms with Gasteiger partial charge >= 0.3 is 0 Å². The van der Waals surface area contributed by atoms with Gasteiger partial charge in [-0.2, -0.15) is 0 Å². The van der Waals surface area contributed by atoms with Gasteiger partial charge < -0.3 is 0 Å². The van der Waals surface area contributed by atoms with E-state index >= 15 is 0 Å². The van der Waals surface area contributed by atoms with Crippen molar-refractivity contribution in [3.05, 3.63) is 40.4 Å². The summed E-state index contributed by atoms with van der Waals surface area (Å²) >= 11 is 5.27. The van der Waals surface area contributed by atoms with Crippen LogP contribution in [0.25, 0.3) is 5.83 Å². The van der Waals surface area contributed by atoms with Crippen molar-refractivity contribution in [3.63, 3.8) is 0 Å². The Morgan fingerprint density at radius 1 is 1.04 bits per heavy atom. The van der Waals surface area contributed by atoms with Gasteiger partial charge in [0.05, 0.1) is 5.56 Å². The lowest BCUT2D eigenvalue weighted by atomic mass is 9.72. The third kappa shape index (κ3) is 5.00. The molecule has 150 valence electrons. The summed E-state index contributed by atoms with van der Waals surface area (Å²) in [4.78, 5) is 0. The zero-order valence-electron chi connectivity index (χ0n) is 16.1. The Morgan fingerprint density at radius 3 is 2.11 bits per heavy atom. The molecular formula is C22H30ClF3Si. The Labute approximate surface area is 167 Å². The Morgan fingerprint density at radius 2 is 1.59 bits per heavy atom. The number of benzene rings is 1. The molecule has 1 aromatic rings. The van der Waals surface area contributed by atoms with Gasteiger partial charge in [0.1, 0.15) is 17.5 Å². The third-order valence-electron chi connectivity index (χ3n) is 6.90. The molecule has 1 aromatic carbocycles. The van der Waals surface area contributed by atoms with Crippen molar-refractivity contribution in [2.45, 2.75) is 75.9 Å². The molecule has 0 spiro atoms. The fraction of sp³-hybridized carbons (Fsp3) is 0.636. The van der Waals surface area contributed by atoms with Crippen molar-refractivity contribution >= 4 is 26.2 Å². The standard InChI is InChI=1S/C22H30ClF3Si/c1-2-9-27-10-7-17(8-11-27)15-3-5-16(6-4-15)18-12-19(24)22(20(25)13-18)21(26)14-23/h12-17,27H,2-11H2,1H3/b21-14-/t15-,16-,17?,27?. The molecule has 0 bridgehead atoms. The number of halogens is 4. The minimum atomic E-state index is -1.07. The molecule has 0 nitrogen and oxygen atoms in total. The van der Waals surface area contributed by atoms with Crippen LogP contribution in [0.15, 0.2) is 17.7 Å². The van der Waals surface area contributed by atoms with Crippen LogP contribution < -0.4 is 0 Å². The van der Waals surface area contributed by atoms with Crippen LogP contribution in [0.4, 0.5) is 13.2 Å². The molecule has 1 saturated carbocycles. The third-order valence-corrected chi connectivity index (χ3v) is 10.8. The van der Waals surface area contributed by atoms with Gasteiger partial charge in [0, 0.05) is 14.3 Å². The van der Waals surface area contributed by atoms with E-state index in [1.807, 2.05) is 0 Å². The van der Waals surface area contributed by atoms with Gasteiger partial charge in [0.15, 0.2) is 0 Å². The summed E-state index contributed by atoms with van der Waals surface area (Å²) in [5.41, 5.74) is 0.578. The lowest BCUT2D eigenvalue weighted by Crippen LogP contribution is -2.28. The van der Waals surface area contributed by atoms with Gasteiger partial charge in [-0.25, -0.2) is 13.2 Å². The first kappa shape index (κ1) is 21.0. The van der Waals surface area contributed by atoms with Crippen LogP contribution in [-0.2, 0) is 0 Å². The van der Waals surface area contributed by atoms with E-state index < -0.39 is 31.8 Å². The molecule has 0 N–H and O–H groups in total. The van der Waals surface area contributed by atoms with Crippen LogP contribution in [0.1, 0.15) is 68.9 Å². The second kappa shape index (κ2) is 9.64. The van der Waals surface area contributed by atoms with E-state index in [0.29, 0.717) is 11.1 Å². The topological polar surface area (TPSA) is 0 Å². The van der Waals surface area contributed by atoms with E-state index in [2.05, 4.69) is 6.92 Å². The van der Waals surface area contributed by atoms with E-state index in [9.17, 15) is 13.2 Å². The first-order valence-corrected chi connectivity index (χ1v) is 13.4. The average Bonchev–Trinajstić information content (AvgIpc) is 2.68. The molecule has 2 fully saturated rings. The van der Waals surface area contributed by atoms with Crippen molar-refractivity contribution in [2.75, 3.05) is 0 Å². The molecular weight excluding hydrogens is 385 g/mol. The first-order chi connectivity index (χ1) is 13.0. The monoisotopic (exact) mass is 414 g/mol. The fourth-order valence-corrected chi connectivity index (χ4v) is 8.98. The summed E-state index contributed by atoms with van der Waals surface area (Å²) in [5.74, 6) is -0.965. The molecule has 0 radical (unpaired) electrons. The van der Waals surface area contributed by atoms with Crippen LogP contribution in [0.2, 0.25) is 18.1 Å². The van der Waals surface area contributed by atoms with E-state index in [0.717, 1.165) is 37.5 Å². The SMILES string of the molecule is CCC[SiH]1CCC([C@H]2CC[C@H](c3cc(F)c(/C(F)=C/Cl)c(F)c3)CC2)CC1. The fourth-order valence-electron chi connectivity index (χ4n) is 5.39. The zero-order chi connectivity index (χ0) is 19.4. The van der Waals surface area contributed by atoms with Gasteiger partial charge in [-0.05, 0) is 61.1 Å². The first-order valence-electron chi connectivity index (χ1n) is 10.5. The average molecular weight is 415 g/mol. The Balaban J connectivity index is 1.58. The molecule has 0 unspecified atom stereocenters. The molecule has 0 atom stereocenters. The maximum absolute atomic E-state index is 14.2. The predicted molar refractivity (Wildman–Crippen MR) is 111 cm³/mol. The second-order valence-electron chi connectivity index (χ2n) is 8.50. The molecule has 27 heavy (non-hydrogen) atoms. The highest BCUT2D eigenvalue weighted by Crippen LogP contribution is 2.44. The van der Waals surface area contributed by atoms with Crippen molar-refractivity contribution < 1.29 is 13.2 Å². The van der Waals surface area contributed by atoms with E-state index in [1.165, 1.54) is 49.5 Å². The minimum Gasteiger partial charge on any atom is -0.206 e. The lowest BCUT2D eigenvalue weighted by Gasteiger charge is -2.37. The predicted octanol–water partition coefficient (Wildman–Crippen LogP) is 7.79. The largest absolute Gasteiger partial charge is 0.206 e. The second-order valence-corrected chi connectivity index (χ2v) is 12.2. The lowest BCUT2D eigenvalue weighted by molar-refractivity contribution is 0.216. The summed E-state index contributed by atoms with van der Waals surface area (Å²) in [7, 11) is -0.436. The molecule has 1 aliphatic heterocycles. The zero-order valence-corrected chi connectivity index (χ0v) is 18.0. The molecule has 1 aliphatic carbocycles. The smallest absolute Gasteiger partial charge is 0.147 e. The van der Waals surface area contributed by atoms with Crippen LogP contribution in [-0.4, -0.2) is 8.80 Å². The minimum absolute atomic E-state index is 0.174. The van der Waals surface area contributed by atoms with Crippen LogP contribution in [0.3, 0.4) is 0 Å². The number of hydrogen-bond donors (Lipinski definition) is 0. The maximum Gasteiger partial charge on any atom is 0.147 e. The summed E-state index contributed by atoms with van der Waals surface area (Å²) in [6, 6.07) is 7.12. The van der Waals surface area contributed by atoms with Crippen molar-refractivity contribution in [2.24, 2.45) is 11.8 Å². The quantitative estimate of drug-likeness (QED) is 0.431. The van der Waals surface area contributed by atoms with E-state index in [1.54, 1.807) is 0 Å². The molecule has 5 heteroatoms. The van der Waals surface area contributed by atoms with Crippen LogP contribution in [0, 0.1) is 23.5 Å². The highest BCUT2D eigenvalue weighted by Gasteiger charge is 2.32. The number of rotatable bonds is 5. The van der Waals surface area contributed by atoms with E-state index in [4.69, 9.17) is 11.6 Å². The van der Waals surface area contributed by atoms with Gasteiger partial charge in [0.25, 0.3) is 0 Å². The number of hydrogen-bond acceptors (Lipinski definition) is 0. The van der Waals surface area contributed by atoms with Gasteiger partial charge in [-0.3, -0.25) is 0 Å². The van der Waals surface area contributed by atoms with Crippen molar-refractivity contribution in [1.29, 1.82) is 0 Å². The van der Waals surface area contributed by atoms with Crippen LogP contribution in [0.5, 0.6) is 0 Å². The summed E-state index contributed by atoms with van der Waals surface area (Å²) in [6.07, 6.45) is 8.42. The molecule has 0 amide bonds. The Hall–Kier alpha value is -0.743. The maximum atomic E-state index is 14.2. The highest BCUT2D eigenvalue weighted by atomic mass is 35.5. The van der Waals surface area contributed by atoms with Gasteiger partial charge in [0.2, 0.25) is 0 Å². The molecule has 2 aliphatic rings. The summed E-state index contributed by atoms with van der Waals surface area (Å²) in [5, 5.41) is 0. The van der Waals surface area contributed by atoms with Crippen molar-refractivity contribution in [1.82, 2.24) is 0 Å². The van der Waals surface area contributed by atoms with Gasteiger partial charge in [-0.15, -0.1) is 0 Å². The highest BCUT2D eigenvalue weighted by molar-refractivity contribution is 6.58. The van der Waals surface area contributed by atoms with Gasteiger partial charge in [-0.1, -0.05) is 55.9 Å². The van der Waals surface area contributed by atoms with E-state index in [-0.39, 0.29) is 5.92 Å². The molecule has 1 heterocycles. The molecule has 0 aromatic heterocycles. The summed E-state index contributed by atoms with van der Waals surface area (Å²) in [6.45, 7) is 2.30. The van der Waals surface area contributed by atoms with Crippen LogP contribution >= 0.6 is 11.6 Å². The Kier molecular flexibility index (Phi) is 7.49. The molecule has 1 saturated heterocycles. The normalized spacial score (nSPS) is 29.7. The molecule has 3 rings (SSSR count). The van der Waals surface area contributed by atoms with Crippen molar-refractivity contribution in [3.8, 4) is 0 Å². The summed E-state index contributed by atoms with van der Waals surface area (Å²) < 4.78 is 41.9.